The summed E-state index contributed by atoms with van der Waals surface area (Å²) in [6.45, 7) is 4.73. The van der Waals surface area contributed by atoms with Crippen LogP contribution in [0.15, 0.2) is 36.4 Å². The fourth-order valence-corrected chi connectivity index (χ4v) is 4.23. The molecule has 4 heteroatoms. The Labute approximate surface area is 147 Å². The minimum Gasteiger partial charge on any atom is -0.366 e. The van der Waals surface area contributed by atoms with Gasteiger partial charge >= 0.3 is 0 Å². The molecule has 4 nitrogen and oxygen atoms in total. The maximum Gasteiger partial charge on any atom is 0.261 e. The van der Waals surface area contributed by atoms with Crippen molar-refractivity contribution in [3.63, 3.8) is 0 Å². The molecule has 2 aliphatic rings. The summed E-state index contributed by atoms with van der Waals surface area (Å²) < 4.78 is 5.86. The third-order valence-electron chi connectivity index (χ3n) is 5.71. The lowest BCUT2D eigenvalue weighted by Gasteiger charge is -2.27. The van der Waals surface area contributed by atoms with Crippen molar-refractivity contribution in [3.05, 3.63) is 47.5 Å². The lowest BCUT2D eigenvalue weighted by Crippen LogP contribution is -2.41. The van der Waals surface area contributed by atoms with E-state index in [0.29, 0.717) is 23.8 Å². The molecule has 2 aliphatic heterocycles. The monoisotopic (exact) mass is 337 g/mol. The Kier molecular flexibility index (Phi) is 3.88. The highest BCUT2D eigenvalue weighted by molar-refractivity contribution is 6.25. The second kappa shape index (κ2) is 5.95. The van der Waals surface area contributed by atoms with E-state index in [1.165, 1.54) is 4.90 Å². The van der Waals surface area contributed by atoms with E-state index >= 15 is 0 Å². The largest absolute Gasteiger partial charge is 0.366 e. The zero-order valence-corrected chi connectivity index (χ0v) is 14.7. The van der Waals surface area contributed by atoms with Crippen LogP contribution in [0.5, 0.6) is 0 Å². The number of ether oxygens (including phenoxy) is 1. The van der Waals surface area contributed by atoms with Crippen LogP contribution in [0.25, 0.3) is 10.8 Å². The van der Waals surface area contributed by atoms with Crippen molar-refractivity contribution in [1.29, 1.82) is 0 Å². The Morgan fingerprint density at radius 3 is 2.20 bits per heavy atom. The van der Waals surface area contributed by atoms with Crippen LogP contribution >= 0.6 is 0 Å². The second-order valence-electron chi connectivity index (χ2n) is 7.01. The van der Waals surface area contributed by atoms with Gasteiger partial charge in [-0.1, -0.05) is 38.1 Å². The molecule has 0 radical (unpaired) electrons. The van der Waals surface area contributed by atoms with Gasteiger partial charge in [-0.3, -0.25) is 14.5 Å². The average molecular weight is 337 g/mol. The zero-order valence-electron chi connectivity index (χ0n) is 14.7. The van der Waals surface area contributed by atoms with E-state index in [1.807, 2.05) is 36.4 Å². The molecule has 0 saturated carbocycles. The molecule has 0 aliphatic carbocycles. The molecular weight excluding hydrogens is 314 g/mol. The first-order valence-electron chi connectivity index (χ1n) is 9.17. The third kappa shape index (κ3) is 2.47. The van der Waals surface area contributed by atoms with Crippen molar-refractivity contribution < 1.29 is 14.3 Å². The molecule has 25 heavy (non-hydrogen) atoms. The minimum atomic E-state index is -0.177. The maximum absolute atomic E-state index is 12.8. The molecule has 130 valence electrons. The van der Waals surface area contributed by atoms with E-state index in [0.717, 1.165) is 36.5 Å². The van der Waals surface area contributed by atoms with Gasteiger partial charge in [0.25, 0.3) is 11.8 Å². The minimum absolute atomic E-state index is 0.0332. The van der Waals surface area contributed by atoms with Crippen molar-refractivity contribution in [1.82, 2.24) is 4.90 Å². The highest BCUT2D eigenvalue weighted by Gasteiger charge is 2.52. The maximum atomic E-state index is 12.8. The Hall–Kier alpha value is -2.20. The Morgan fingerprint density at radius 2 is 1.68 bits per heavy atom. The predicted octanol–water partition coefficient (Wildman–Crippen LogP) is 4.17. The van der Waals surface area contributed by atoms with Crippen molar-refractivity contribution in [2.24, 2.45) is 0 Å². The van der Waals surface area contributed by atoms with Gasteiger partial charge in [-0.2, -0.15) is 0 Å². The number of hydrogen-bond acceptors (Lipinski definition) is 3. The molecule has 2 atom stereocenters. The van der Waals surface area contributed by atoms with Crippen LogP contribution in [0.4, 0.5) is 0 Å². The number of hydrogen-bond donors (Lipinski definition) is 0. The molecule has 2 amide bonds. The number of nitrogens with zero attached hydrogens (tertiary/aromatic N) is 1. The van der Waals surface area contributed by atoms with Crippen LogP contribution in [0.1, 0.15) is 60.2 Å². The average Bonchev–Trinajstić information content (AvgIpc) is 3.36. The second-order valence-corrected chi connectivity index (χ2v) is 7.01. The highest BCUT2D eigenvalue weighted by Crippen LogP contribution is 2.45. The molecule has 2 aromatic carbocycles. The van der Waals surface area contributed by atoms with Gasteiger partial charge in [0.1, 0.15) is 0 Å². The smallest absolute Gasteiger partial charge is 0.261 e. The van der Waals surface area contributed by atoms with Gasteiger partial charge in [0.2, 0.25) is 0 Å². The summed E-state index contributed by atoms with van der Waals surface area (Å²) in [4.78, 5) is 27.1. The van der Waals surface area contributed by atoms with Gasteiger partial charge < -0.3 is 4.74 Å². The van der Waals surface area contributed by atoms with Gasteiger partial charge in [0.05, 0.1) is 11.7 Å². The number of carbonyl (C=O) groups excluding carboxylic acids is 2. The summed E-state index contributed by atoms with van der Waals surface area (Å²) in [5.41, 5.74) is 1.23. The third-order valence-corrected chi connectivity index (χ3v) is 5.71. The molecule has 2 aromatic rings. The van der Waals surface area contributed by atoms with Crippen molar-refractivity contribution in [2.75, 3.05) is 6.54 Å². The van der Waals surface area contributed by atoms with E-state index < -0.39 is 0 Å². The van der Waals surface area contributed by atoms with E-state index in [2.05, 4.69) is 13.8 Å². The molecule has 1 saturated heterocycles. The topological polar surface area (TPSA) is 49.9 Å². The number of rotatable bonds is 6. The van der Waals surface area contributed by atoms with E-state index in [-0.39, 0.29) is 17.4 Å². The zero-order chi connectivity index (χ0) is 17.6. The first-order chi connectivity index (χ1) is 12.1. The van der Waals surface area contributed by atoms with Crippen LogP contribution in [-0.2, 0) is 4.74 Å². The number of imide groups is 1. The normalized spacial score (nSPS) is 24.9. The van der Waals surface area contributed by atoms with Crippen molar-refractivity contribution >= 4 is 22.6 Å². The van der Waals surface area contributed by atoms with E-state index in [1.54, 1.807) is 0 Å². The quantitative estimate of drug-likeness (QED) is 0.587. The molecule has 0 bridgehead atoms. The molecular formula is C21H23NO3. The fourth-order valence-electron chi connectivity index (χ4n) is 4.23. The molecule has 2 heterocycles. The molecule has 0 aromatic heterocycles. The van der Waals surface area contributed by atoms with Crippen LogP contribution in [0, 0.1) is 0 Å². The number of amides is 2. The molecule has 1 fully saturated rings. The first kappa shape index (κ1) is 16.3. The number of carbonyl (C=O) groups is 2. The lowest BCUT2D eigenvalue weighted by molar-refractivity contribution is 0.0604. The summed E-state index contributed by atoms with van der Waals surface area (Å²) >= 11 is 0. The number of benzene rings is 2. The van der Waals surface area contributed by atoms with Crippen molar-refractivity contribution in [3.8, 4) is 0 Å². The van der Waals surface area contributed by atoms with Gasteiger partial charge in [0, 0.05) is 23.1 Å². The van der Waals surface area contributed by atoms with Crippen LogP contribution in [0.3, 0.4) is 0 Å². The Bertz CT molecular complexity index is 809. The summed E-state index contributed by atoms with van der Waals surface area (Å²) in [6.07, 6.45) is 4.00. The van der Waals surface area contributed by atoms with Crippen LogP contribution < -0.4 is 0 Å². The number of epoxide rings is 1. The first-order valence-corrected chi connectivity index (χ1v) is 9.17. The summed E-state index contributed by atoms with van der Waals surface area (Å²) in [5.74, 6) is -0.354. The molecule has 4 rings (SSSR count). The molecule has 0 spiro atoms. The highest BCUT2D eigenvalue weighted by atomic mass is 16.6. The summed E-state index contributed by atoms with van der Waals surface area (Å²) in [6, 6.07) is 11.3. The van der Waals surface area contributed by atoms with E-state index in [4.69, 9.17) is 4.74 Å². The molecule has 0 N–H and O–H groups in total. The standard InChI is InChI=1S/C21H23NO3/c1-3-17-21(4-2,25-17)12-7-13-22-19(23)15-10-5-8-14-9-6-11-16(18(14)15)20(22)24/h5-6,8-11,17H,3-4,7,12-13H2,1-2H3. The summed E-state index contributed by atoms with van der Waals surface area (Å²) in [7, 11) is 0. The van der Waals surface area contributed by atoms with Crippen molar-refractivity contribution in [2.45, 2.75) is 51.2 Å². The lowest BCUT2D eigenvalue weighted by atomic mass is 9.92. The Balaban J connectivity index is 1.55. The van der Waals surface area contributed by atoms with Gasteiger partial charge in [-0.05, 0) is 43.2 Å². The van der Waals surface area contributed by atoms with Gasteiger partial charge in [-0.25, -0.2) is 0 Å². The molecule has 2 unspecified atom stereocenters. The Morgan fingerprint density at radius 1 is 1.04 bits per heavy atom. The van der Waals surface area contributed by atoms with Gasteiger partial charge in [0.15, 0.2) is 0 Å². The van der Waals surface area contributed by atoms with Gasteiger partial charge in [-0.15, -0.1) is 0 Å². The SMILES string of the molecule is CCC1OC1(CC)CCCN1C(=O)c2cccc3cccc(c23)C1=O. The van der Waals surface area contributed by atoms with Crippen LogP contribution in [0.2, 0.25) is 0 Å². The van der Waals surface area contributed by atoms with Crippen LogP contribution in [-0.4, -0.2) is 35.0 Å². The van der Waals surface area contributed by atoms with E-state index in [9.17, 15) is 9.59 Å². The predicted molar refractivity (Wildman–Crippen MR) is 96.7 cm³/mol. The fraction of sp³-hybridized carbons (Fsp3) is 0.429. The summed E-state index contributed by atoms with van der Waals surface area (Å²) in [5, 5.41) is 1.73.